The first-order chi connectivity index (χ1) is 8.22. The molecule has 0 saturated carbocycles. The number of benzene rings is 1. The molecule has 4 heteroatoms. The first kappa shape index (κ1) is 11.4. The number of rotatable bonds is 4. The summed E-state index contributed by atoms with van der Waals surface area (Å²) < 4.78 is 23.6. The number of furan rings is 1. The molecule has 0 aliphatic heterocycles. The molecule has 1 aromatic heterocycles. The second-order valence-electron chi connectivity index (χ2n) is 3.50. The Morgan fingerprint density at radius 3 is 2.82 bits per heavy atom. The standard InChI is InChI=1S/C13H11FO3/c1-16-12-6-2-5-10(14)13(12)11(15)8-9-4-3-7-17-9/h2-7H,8H2,1H3. The van der Waals surface area contributed by atoms with Gasteiger partial charge in [-0.1, -0.05) is 6.07 Å². The molecule has 1 aromatic carbocycles. The van der Waals surface area contributed by atoms with Crippen LogP contribution in [-0.4, -0.2) is 12.9 Å². The second kappa shape index (κ2) is 4.82. The lowest BCUT2D eigenvalue weighted by Gasteiger charge is -2.07. The van der Waals surface area contributed by atoms with Crippen LogP contribution >= 0.6 is 0 Å². The van der Waals surface area contributed by atoms with E-state index in [0.29, 0.717) is 5.76 Å². The predicted octanol–water partition coefficient (Wildman–Crippen LogP) is 2.85. The summed E-state index contributed by atoms with van der Waals surface area (Å²) in [6, 6.07) is 7.64. The van der Waals surface area contributed by atoms with Gasteiger partial charge >= 0.3 is 0 Å². The van der Waals surface area contributed by atoms with Crippen LogP contribution in [0.1, 0.15) is 16.1 Å². The quantitative estimate of drug-likeness (QED) is 0.763. The molecule has 0 fully saturated rings. The lowest BCUT2D eigenvalue weighted by atomic mass is 10.1. The summed E-state index contributed by atoms with van der Waals surface area (Å²) in [5, 5.41) is 0. The van der Waals surface area contributed by atoms with Crippen LogP contribution in [0.25, 0.3) is 0 Å². The van der Waals surface area contributed by atoms with Gasteiger partial charge < -0.3 is 9.15 Å². The average Bonchev–Trinajstić information content (AvgIpc) is 2.81. The van der Waals surface area contributed by atoms with Crippen LogP contribution in [0.2, 0.25) is 0 Å². The van der Waals surface area contributed by atoms with Crippen molar-refractivity contribution in [1.29, 1.82) is 0 Å². The minimum Gasteiger partial charge on any atom is -0.496 e. The number of hydrogen-bond acceptors (Lipinski definition) is 3. The maximum atomic E-state index is 13.6. The molecule has 0 N–H and O–H groups in total. The first-order valence-electron chi connectivity index (χ1n) is 5.10. The lowest BCUT2D eigenvalue weighted by Crippen LogP contribution is -2.08. The summed E-state index contributed by atoms with van der Waals surface area (Å²) >= 11 is 0. The molecule has 88 valence electrons. The van der Waals surface area contributed by atoms with Gasteiger partial charge in [-0.2, -0.15) is 0 Å². The molecule has 0 unspecified atom stereocenters. The third kappa shape index (κ3) is 2.36. The number of hydrogen-bond donors (Lipinski definition) is 0. The molecule has 3 nitrogen and oxygen atoms in total. The number of halogens is 1. The van der Waals surface area contributed by atoms with Crippen LogP contribution < -0.4 is 4.74 Å². The predicted molar refractivity (Wildman–Crippen MR) is 59.7 cm³/mol. The molecule has 17 heavy (non-hydrogen) atoms. The van der Waals surface area contributed by atoms with Gasteiger partial charge in [0, 0.05) is 0 Å². The van der Waals surface area contributed by atoms with Gasteiger partial charge in [-0.15, -0.1) is 0 Å². The van der Waals surface area contributed by atoms with Crippen molar-refractivity contribution in [1.82, 2.24) is 0 Å². The number of Topliss-reactive ketones (excluding diaryl/α,β-unsaturated/α-hetero) is 1. The first-order valence-corrected chi connectivity index (χ1v) is 5.10. The van der Waals surface area contributed by atoms with Gasteiger partial charge in [0.15, 0.2) is 5.78 Å². The molecule has 1 heterocycles. The van der Waals surface area contributed by atoms with Crippen LogP contribution in [0.3, 0.4) is 0 Å². The van der Waals surface area contributed by atoms with Crippen LogP contribution in [0.5, 0.6) is 5.75 Å². The van der Waals surface area contributed by atoms with Crippen molar-refractivity contribution in [2.75, 3.05) is 7.11 Å². The Hall–Kier alpha value is -2.10. The highest BCUT2D eigenvalue weighted by molar-refractivity contribution is 5.99. The molecule has 0 atom stereocenters. The van der Waals surface area contributed by atoms with E-state index in [0.717, 1.165) is 0 Å². The summed E-state index contributed by atoms with van der Waals surface area (Å²) in [4.78, 5) is 11.9. The van der Waals surface area contributed by atoms with Crippen molar-refractivity contribution in [2.24, 2.45) is 0 Å². The van der Waals surface area contributed by atoms with Crippen LogP contribution in [-0.2, 0) is 6.42 Å². The number of methoxy groups -OCH3 is 1. The highest BCUT2D eigenvalue weighted by Gasteiger charge is 2.18. The van der Waals surface area contributed by atoms with Crippen molar-refractivity contribution < 1.29 is 18.3 Å². The van der Waals surface area contributed by atoms with E-state index in [1.807, 2.05) is 0 Å². The van der Waals surface area contributed by atoms with Crippen molar-refractivity contribution >= 4 is 5.78 Å². The van der Waals surface area contributed by atoms with Crippen molar-refractivity contribution in [3.05, 3.63) is 53.7 Å². The van der Waals surface area contributed by atoms with E-state index in [9.17, 15) is 9.18 Å². The monoisotopic (exact) mass is 234 g/mol. The Kier molecular flexibility index (Phi) is 3.23. The molecule has 0 aliphatic carbocycles. The van der Waals surface area contributed by atoms with Crippen molar-refractivity contribution in [3.8, 4) is 5.75 Å². The molecular formula is C13H11FO3. The zero-order chi connectivity index (χ0) is 12.3. The van der Waals surface area contributed by atoms with Gasteiger partial charge in [0.2, 0.25) is 0 Å². The largest absolute Gasteiger partial charge is 0.496 e. The third-order valence-electron chi connectivity index (χ3n) is 2.39. The summed E-state index contributed by atoms with van der Waals surface area (Å²) in [5.74, 6) is -0.210. The lowest BCUT2D eigenvalue weighted by molar-refractivity contribution is 0.0980. The Labute approximate surface area is 97.8 Å². The summed E-state index contributed by atoms with van der Waals surface area (Å²) in [6.45, 7) is 0. The molecule has 0 spiro atoms. The maximum Gasteiger partial charge on any atom is 0.177 e. The minimum absolute atomic E-state index is 0.0181. The van der Waals surface area contributed by atoms with Gasteiger partial charge in [0.25, 0.3) is 0 Å². The summed E-state index contributed by atoms with van der Waals surface area (Å²) in [7, 11) is 1.40. The minimum atomic E-state index is -0.582. The van der Waals surface area contributed by atoms with Crippen LogP contribution in [0.4, 0.5) is 4.39 Å². The fraction of sp³-hybridized carbons (Fsp3) is 0.154. The Bertz CT molecular complexity index is 517. The van der Waals surface area contributed by atoms with Gasteiger partial charge in [-0.3, -0.25) is 4.79 Å². The molecule has 2 aromatic rings. The Balaban J connectivity index is 2.30. The number of ketones is 1. The zero-order valence-electron chi connectivity index (χ0n) is 9.27. The van der Waals surface area contributed by atoms with E-state index in [4.69, 9.17) is 9.15 Å². The van der Waals surface area contributed by atoms with E-state index in [1.54, 1.807) is 18.2 Å². The molecule has 2 rings (SSSR count). The summed E-state index contributed by atoms with van der Waals surface area (Å²) in [5.41, 5.74) is -0.0357. The maximum absolute atomic E-state index is 13.6. The highest BCUT2D eigenvalue weighted by atomic mass is 19.1. The topological polar surface area (TPSA) is 39.4 Å². The average molecular weight is 234 g/mol. The van der Waals surface area contributed by atoms with Crippen molar-refractivity contribution in [2.45, 2.75) is 6.42 Å². The Morgan fingerprint density at radius 1 is 1.35 bits per heavy atom. The molecule has 0 bridgehead atoms. The second-order valence-corrected chi connectivity index (χ2v) is 3.50. The molecule has 0 amide bonds. The Morgan fingerprint density at radius 2 is 2.18 bits per heavy atom. The van der Waals surface area contributed by atoms with E-state index in [-0.39, 0.29) is 23.5 Å². The summed E-state index contributed by atoms with van der Waals surface area (Å²) in [6.07, 6.45) is 1.49. The third-order valence-corrected chi connectivity index (χ3v) is 2.39. The van der Waals surface area contributed by atoms with E-state index >= 15 is 0 Å². The van der Waals surface area contributed by atoms with Gasteiger partial charge in [0.05, 0.1) is 25.4 Å². The SMILES string of the molecule is COc1cccc(F)c1C(=O)Cc1ccco1. The van der Waals surface area contributed by atoms with Crippen LogP contribution in [0, 0.1) is 5.82 Å². The van der Waals surface area contributed by atoms with E-state index < -0.39 is 5.82 Å². The van der Waals surface area contributed by atoms with Gasteiger partial charge in [-0.05, 0) is 24.3 Å². The van der Waals surface area contributed by atoms with Crippen LogP contribution in [0.15, 0.2) is 41.0 Å². The molecule has 0 aliphatic rings. The smallest absolute Gasteiger partial charge is 0.177 e. The molecular weight excluding hydrogens is 223 g/mol. The normalized spacial score (nSPS) is 10.2. The molecule has 0 saturated heterocycles. The van der Waals surface area contributed by atoms with Crippen molar-refractivity contribution in [3.63, 3.8) is 0 Å². The van der Waals surface area contributed by atoms with Gasteiger partial charge in [-0.25, -0.2) is 4.39 Å². The van der Waals surface area contributed by atoms with E-state index in [1.165, 1.54) is 25.5 Å². The highest BCUT2D eigenvalue weighted by Crippen LogP contribution is 2.23. The number of carbonyl (C=O) groups excluding carboxylic acids is 1. The van der Waals surface area contributed by atoms with Gasteiger partial charge in [0.1, 0.15) is 17.3 Å². The number of ether oxygens (including phenoxy) is 1. The fourth-order valence-electron chi connectivity index (χ4n) is 1.60. The molecule has 0 radical (unpaired) electrons. The number of carbonyl (C=O) groups is 1. The van der Waals surface area contributed by atoms with E-state index in [2.05, 4.69) is 0 Å². The fourth-order valence-corrected chi connectivity index (χ4v) is 1.60. The zero-order valence-corrected chi connectivity index (χ0v) is 9.27.